The second-order valence-corrected chi connectivity index (χ2v) is 11.4. The number of esters is 2. The van der Waals surface area contributed by atoms with Crippen LogP contribution < -0.4 is 25.4 Å². The van der Waals surface area contributed by atoms with E-state index in [1.54, 1.807) is 62.5 Å². The predicted octanol–water partition coefficient (Wildman–Crippen LogP) is 6.26. The van der Waals surface area contributed by atoms with Gasteiger partial charge in [0.1, 0.15) is 23.2 Å². The number of aromatic amines is 1. The molecule has 2 aromatic carbocycles. The monoisotopic (exact) mass is 687 g/mol. The number of unbranched alkanes of at least 4 members (excludes halogenated alkanes) is 4. The highest BCUT2D eigenvalue weighted by atomic mass is 16.6. The number of hydrogen-bond acceptors (Lipinski definition) is 11. The zero-order chi connectivity index (χ0) is 36.0. The Bertz CT molecular complexity index is 1790. The third-order valence-corrected chi connectivity index (χ3v) is 7.87. The van der Waals surface area contributed by atoms with E-state index < -0.39 is 18.0 Å². The Labute approximate surface area is 291 Å². The molecule has 0 aliphatic heterocycles. The number of aryl methyl sites for hydroxylation is 1. The number of carbonyl (C=O) groups is 3. The molecule has 5 N–H and O–H groups in total. The number of ether oxygens (including phenoxy) is 4. The number of carbonyl (C=O) groups excluding carboxylic acids is 3. The molecule has 0 bridgehead atoms. The number of nitrogens with two attached hydrogens (primary N) is 1. The number of imidazole rings is 1. The number of amidine groups is 1. The molecule has 0 fully saturated rings. The van der Waals surface area contributed by atoms with Crippen LogP contribution in [0.4, 0.5) is 16.3 Å². The largest absolute Gasteiger partial charge is 0.494 e. The van der Waals surface area contributed by atoms with Crippen molar-refractivity contribution in [1.29, 1.82) is 5.41 Å². The van der Waals surface area contributed by atoms with E-state index in [9.17, 15) is 14.4 Å². The number of rotatable bonds is 18. The molecule has 50 heavy (non-hydrogen) atoms. The van der Waals surface area contributed by atoms with Crippen LogP contribution in [0.15, 0.2) is 48.7 Å². The average Bonchev–Trinajstić information content (AvgIpc) is 3.54. The van der Waals surface area contributed by atoms with Gasteiger partial charge in [-0.05, 0) is 56.7 Å². The minimum Gasteiger partial charge on any atom is -0.494 e. The van der Waals surface area contributed by atoms with Crippen molar-refractivity contribution in [2.24, 2.45) is 5.73 Å². The van der Waals surface area contributed by atoms with Crippen LogP contribution in [0, 0.1) is 12.3 Å². The Kier molecular flexibility index (Phi) is 13.5. The first-order valence-corrected chi connectivity index (χ1v) is 16.7. The van der Waals surface area contributed by atoms with Crippen molar-refractivity contribution in [3.63, 3.8) is 0 Å². The minimum atomic E-state index is -0.708. The van der Waals surface area contributed by atoms with Crippen LogP contribution in [0.1, 0.15) is 79.7 Å². The number of nitrogen functional groups attached to an aromatic ring is 1. The van der Waals surface area contributed by atoms with Gasteiger partial charge in [-0.2, -0.15) is 0 Å². The van der Waals surface area contributed by atoms with Crippen LogP contribution in [-0.2, 0) is 20.8 Å². The van der Waals surface area contributed by atoms with Gasteiger partial charge in [-0.1, -0.05) is 38.7 Å². The van der Waals surface area contributed by atoms with E-state index in [1.807, 2.05) is 0 Å². The van der Waals surface area contributed by atoms with Crippen molar-refractivity contribution in [2.45, 2.75) is 65.8 Å². The van der Waals surface area contributed by atoms with Crippen molar-refractivity contribution < 1.29 is 33.3 Å². The number of pyridine rings is 1. The molecular weight excluding hydrogens is 642 g/mol. The van der Waals surface area contributed by atoms with Crippen molar-refractivity contribution in [3.8, 4) is 11.5 Å². The standard InChI is InChI=1S/C36H45N7O7/c1-5-7-8-9-12-21-49-35(45)24-14-15-26(33(47-4)31(24)34(37)38)40-22-28-41-25-16-17-27(23(3)32(25)42-28)50-36(46)43(20-18-30(44)48-6-2)29-13-10-11-19-39-29/h10-11,13-17,19,40H,5-9,12,18,20-22H2,1-4H3,(H3,37,38)(H,41,42). The molecular formula is C36H45N7O7. The first kappa shape index (κ1) is 37.2. The SMILES string of the molecule is CCCCCCCOC(=O)c1ccc(NCc2nc3c(C)c(OC(=O)N(CCC(=O)OCC)c4ccccn4)ccc3[nH]2)c(OC)c1C(=N)N. The molecule has 4 aromatic rings. The molecule has 1 amide bonds. The van der Waals surface area contributed by atoms with E-state index >= 15 is 0 Å². The first-order chi connectivity index (χ1) is 24.2. The summed E-state index contributed by atoms with van der Waals surface area (Å²) >= 11 is 0. The lowest BCUT2D eigenvalue weighted by molar-refractivity contribution is -0.142. The Balaban J connectivity index is 1.48. The second-order valence-electron chi connectivity index (χ2n) is 11.4. The Morgan fingerprint density at radius 2 is 1.82 bits per heavy atom. The summed E-state index contributed by atoms with van der Waals surface area (Å²) in [6.45, 7) is 6.41. The van der Waals surface area contributed by atoms with Gasteiger partial charge in [0.2, 0.25) is 0 Å². The summed E-state index contributed by atoms with van der Waals surface area (Å²) < 4.78 is 21.9. The number of aromatic nitrogens is 3. The fraction of sp³-hybridized carbons (Fsp3) is 0.389. The summed E-state index contributed by atoms with van der Waals surface area (Å²) in [6.07, 6.45) is 5.91. The zero-order valence-corrected chi connectivity index (χ0v) is 29.0. The van der Waals surface area contributed by atoms with E-state index in [2.05, 4.69) is 22.2 Å². The van der Waals surface area contributed by atoms with Crippen LogP contribution in [-0.4, -0.2) is 65.7 Å². The van der Waals surface area contributed by atoms with Gasteiger partial charge in [0.25, 0.3) is 0 Å². The van der Waals surface area contributed by atoms with Crippen LogP contribution in [0.3, 0.4) is 0 Å². The highest BCUT2D eigenvalue weighted by Crippen LogP contribution is 2.33. The third kappa shape index (κ3) is 9.49. The Morgan fingerprint density at radius 1 is 1.02 bits per heavy atom. The molecule has 0 unspecified atom stereocenters. The highest BCUT2D eigenvalue weighted by molar-refractivity contribution is 6.09. The third-order valence-electron chi connectivity index (χ3n) is 7.87. The van der Waals surface area contributed by atoms with Gasteiger partial charge in [-0.25, -0.2) is 19.6 Å². The Hall–Kier alpha value is -5.66. The maximum absolute atomic E-state index is 13.3. The number of nitrogens with zero attached hydrogens (tertiary/aromatic N) is 3. The van der Waals surface area contributed by atoms with Crippen molar-refractivity contribution in [1.82, 2.24) is 15.0 Å². The number of fused-ring (bicyclic) bond motifs is 1. The molecule has 0 saturated carbocycles. The summed E-state index contributed by atoms with van der Waals surface area (Å²) in [4.78, 5) is 51.8. The molecule has 4 rings (SSSR count). The number of amides is 1. The lowest BCUT2D eigenvalue weighted by atomic mass is 10.0. The normalized spacial score (nSPS) is 10.8. The van der Waals surface area contributed by atoms with Crippen molar-refractivity contribution in [2.75, 3.05) is 37.1 Å². The average molecular weight is 688 g/mol. The predicted molar refractivity (Wildman–Crippen MR) is 190 cm³/mol. The van der Waals surface area contributed by atoms with Gasteiger partial charge in [0.15, 0.2) is 5.75 Å². The van der Waals surface area contributed by atoms with Gasteiger partial charge < -0.3 is 35.0 Å². The lowest BCUT2D eigenvalue weighted by Gasteiger charge is -2.21. The fourth-order valence-corrected chi connectivity index (χ4v) is 5.34. The number of anilines is 2. The molecule has 0 spiro atoms. The Morgan fingerprint density at radius 3 is 2.52 bits per heavy atom. The second kappa shape index (κ2) is 18.2. The molecule has 0 aliphatic carbocycles. The van der Waals surface area contributed by atoms with E-state index in [0.717, 1.165) is 32.1 Å². The number of benzene rings is 2. The van der Waals surface area contributed by atoms with Gasteiger partial charge in [0.05, 0.1) is 61.1 Å². The summed E-state index contributed by atoms with van der Waals surface area (Å²) in [5.41, 5.74) is 8.63. The van der Waals surface area contributed by atoms with Crippen molar-refractivity contribution in [3.05, 3.63) is 71.2 Å². The van der Waals surface area contributed by atoms with Gasteiger partial charge in [-0.3, -0.25) is 15.1 Å². The summed E-state index contributed by atoms with van der Waals surface area (Å²) in [6, 6.07) is 11.8. The van der Waals surface area contributed by atoms with Crippen LogP contribution >= 0.6 is 0 Å². The molecule has 0 saturated heterocycles. The zero-order valence-electron chi connectivity index (χ0n) is 29.0. The number of methoxy groups -OCH3 is 1. The van der Waals surface area contributed by atoms with Crippen LogP contribution in [0.25, 0.3) is 11.0 Å². The lowest BCUT2D eigenvalue weighted by Crippen LogP contribution is -2.36. The van der Waals surface area contributed by atoms with E-state index in [4.69, 9.17) is 35.1 Å². The van der Waals surface area contributed by atoms with Crippen LogP contribution in [0.2, 0.25) is 0 Å². The smallest absolute Gasteiger partial charge is 0.420 e. The summed E-state index contributed by atoms with van der Waals surface area (Å²) in [7, 11) is 1.44. The van der Waals surface area contributed by atoms with Gasteiger partial charge >= 0.3 is 18.0 Å². The summed E-state index contributed by atoms with van der Waals surface area (Å²) in [5.74, 6) is 0.0901. The maximum atomic E-state index is 13.3. The number of nitrogens with one attached hydrogen (secondary N) is 3. The van der Waals surface area contributed by atoms with E-state index in [1.165, 1.54) is 12.0 Å². The highest BCUT2D eigenvalue weighted by Gasteiger charge is 2.24. The van der Waals surface area contributed by atoms with Crippen LogP contribution in [0.5, 0.6) is 11.5 Å². The topological polar surface area (TPSA) is 195 Å². The van der Waals surface area contributed by atoms with Gasteiger partial charge in [0, 0.05) is 18.3 Å². The molecule has 0 aliphatic rings. The van der Waals surface area contributed by atoms with E-state index in [0.29, 0.717) is 39.7 Å². The maximum Gasteiger partial charge on any atom is 0.420 e. The number of H-pyrrole nitrogens is 1. The van der Waals surface area contributed by atoms with E-state index in [-0.39, 0.29) is 55.4 Å². The fourth-order valence-electron chi connectivity index (χ4n) is 5.34. The van der Waals surface area contributed by atoms with Crippen molar-refractivity contribution >= 4 is 46.4 Å². The molecule has 14 heteroatoms. The minimum absolute atomic E-state index is 0.0181. The molecule has 0 radical (unpaired) electrons. The molecule has 0 atom stereocenters. The molecule has 14 nitrogen and oxygen atoms in total. The first-order valence-electron chi connectivity index (χ1n) is 16.7. The summed E-state index contributed by atoms with van der Waals surface area (Å²) in [5, 5.41) is 11.4. The molecule has 266 valence electrons. The molecule has 2 heterocycles. The number of hydrogen-bond donors (Lipinski definition) is 4. The van der Waals surface area contributed by atoms with Gasteiger partial charge in [-0.15, -0.1) is 0 Å². The quantitative estimate of drug-likeness (QED) is 0.0399. The molecule has 2 aromatic heterocycles.